The fourth-order valence-electron chi connectivity index (χ4n) is 0.900. The van der Waals surface area contributed by atoms with Gasteiger partial charge in [-0.25, -0.2) is 0 Å². The molecule has 1 heterocycles. The largest absolute Gasteiger partial charge is 0.429 e. The molecule has 0 saturated carbocycles. The Balaban J connectivity index is 2.95. The molecule has 1 nitrogen and oxygen atoms in total. The van der Waals surface area contributed by atoms with E-state index in [2.05, 4.69) is 34.3 Å². The first-order valence-electron chi connectivity index (χ1n) is 3.58. The fraction of sp³-hybridized carbons (Fsp3) is 0.750. The quantitative estimate of drug-likeness (QED) is 0.463. The van der Waals surface area contributed by atoms with Crippen molar-refractivity contribution < 1.29 is 4.65 Å². The molecule has 0 aromatic rings. The first kappa shape index (κ1) is 7.87. The maximum absolute atomic E-state index is 5.44. The number of hydrogen-bond acceptors (Lipinski definition) is 1. The highest BCUT2D eigenvalue weighted by molar-refractivity contribution is 6.39. The summed E-state index contributed by atoms with van der Waals surface area (Å²) in [5.74, 6) is 0. The van der Waals surface area contributed by atoms with E-state index in [-0.39, 0.29) is 11.0 Å². The van der Waals surface area contributed by atoms with Gasteiger partial charge in [0.25, 0.3) is 0 Å². The Morgan fingerprint density at radius 1 is 1.30 bits per heavy atom. The zero-order valence-corrected chi connectivity index (χ0v) is 7.19. The minimum Gasteiger partial charge on any atom is -0.429 e. The molecule has 1 radical (unpaired) electrons. The molecule has 0 atom stereocenters. The molecule has 10 heavy (non-hydrogen) atoms. The topological polar surface area (TPSA) is 9.23 Å². The molecule has 1 aliphatic heterocycles. The van der Waals surface area contributed by atoms with Crippen molar-refractivity contribution in [2.75, 3.05) is 0 Å². The third-order valence-electron chi connectivity index (χ3n) is 2.80. The summed E-state index contributed by atoms with van der Waals surface area (Å²) in [6.45, 7) is 12.4. The Morgan fingerprint density at radius 2 is 1.80 bits per heavy atom. The Kier molecular flexibility index (Phi) is 1.48. The summed E-state index contributed by atoms with van der Waals surface area (Å²) in [5, 5.41) is 0. The molecule has 0 amide bonds. The van der Waals surface area contributed by atoms with Crippen LogP contribution in [0.3, 0.4) is 0 Å². The maximum Gasteiger partial charge on any atom is 0.326 e. The van der Waals surface area contributed by atoms with Gasteiger partial charge in [-0.05, 0) is 13.8 Å². The predicted molar refractivity (Wildman–Crippen MR) is 43.8 cm³/mol. The minimum atomic E-state index is -0.0932. The van der Waals surface area contributed by atoms with Gasteiger partial charge in [0.1, 0.15) is 0 Å². The summed E-state index contributed by atoms with van der Waals surface area (Å²) in [7, 11) is 1.76. The van der Waals surface area contributed by atoms with Crippen LogP contribution in [0, 0.1) is 5.41 Å². The first-order valence-corrected chi connectivity index (χ1v) is 3.58. The smallest absolute Gasteiger partial charge is 0.326 e. The summed E-state index contributed by atoms with van der Waals surface area (Å²) < 4.78 is 5.44. The van der Waals surface area contributed by atoms with E-state index in [9.17, 15) is 0 Å². The lowest BCUT2D eigenvalue weighted by Gasteiger charge is -2.34. The van der Waals surface area contributed by atoms with E-state index in [1.165, 1.54) is 0 Å². The molecule has 0 aromatic carbocycles. The predicted octanol–water partition coefficient (Wildman–Crippen LogP) is 1.95. The summed E-state index contributed by atoms with van der Waals surface area (Å²) >= 11 is 0. The summed E-state index contributed by atoms with van der Waals surface area (Å²) in [6, 6.07) is 0. The Labute approximate surface area is 63.7 Å². The van der Waals surface area contributed by atoms with E-state index in [0.29, 0.717) is 0 Å². The normalized spacial score (nSPS) is 28.2. The van der Waals surface area contributed by atoms with Gasteiger partial charge in [-0.3, -0.25) is 0 Å². The van der Waals surface area contributed by atoms with Crippen LogP contribution in [0.1, 0.15) is 27.7 Å². The van der Waals surface area contributed by atoms with Crippen molar-refractivity contribution in [3.05, 3.63) is 12.1 Å². The van der Waals surface area contributed by atoms with Gasteiger partial charge in [-0.2, -0.15) is 0 Å². The van der Waals surface area contributed by atoms with Crippen LogP contribution in [0.25, 0.3) is 0 Å². The third-order valence-corrected chi connectivity index (χ3v) is 2.80. The van der Waals surface area contributed by atoms with Crippen LogP contribution >= 0.6 is 0 Å². The lowest BCUT2D eigenvalue weighted by atomic mass is 9.68. The maximum atomic E-state index is 5.44. The highest BCUT2D eigenvalue weighted by Gasteiger charge is 2.45. The molecular weight excluding hydrogens is 123 g/mol. The van der Waals surface area contributed by atoms with E-state index in [1.54, 1.807) is 7.48 Å². The van der Waals surface area contributed by atoms with Gasteiger partial charge in [-0.15, -0.1) is 6.58 Å². The Hall–Kier alpha value is -0.235. The van der Waals surface area contributed by atoms with Crippen LogP contribution in [0.5, 0.6) is 0 Å². The standard InChI is InChI=1S/C8H14BO/c1-6-7(2,3)8(4,5)10-9-6/h1H2,2-5H3. The number of hydrogen-bond donors (Lipinski definition) is 0. The van der Waals surface area contributed by atoms with Crippen LogP contribution in [0.2, 0.25) is 0 Å². The van der Waals surface area contributed by atoms with E-state index < -0.39 is 0 Å². The minimum absolute atomic E-state index is 0.0764. The molecule has 0 aliphatic carbocycles. The van der Waals surface area contributed by atoms with Crippen LogP contribution in [0.4, 0.5) is 0 Å². The van der Waals surface area contributed by atoms with Gasteiger partial charge in [0.15, 0.2) is 0 Å². The molecule has 0 spiro atoms. The number of rotatable bonds is 0. The van der Waals surface area contributed by atoms with E-state index in [0.717, 1.165) is 5.47 Å². The highest BCUT2D eigenvalue weighted by Crippen LogP contribution is 2.44. The van der Waals surface area contributed by atoms with Crippen molar-refractivity contribution in [3.8, 4) is 0 Å². The Bertz CT molecular complexity index is 170. The van der Waals surface area contributed by atoms with Gasteiger partial charge in [0, 0.05) is 5.41 Å². The average molecular weight is 137 g/mol. The fourth-order valence-corrected chi connectivity index (χ4v) is 0.900. The summed E-state index contributed by atoms with van der Waals surface area (Å²) in [5.41, 5.74) is 1.06. The molecular formula is C8H14BO. The van der Waals surface area contributed by atoms with Crippen molar-refractivity contribution in [2.24, 2.45) is 5.41 Å². The molecule has 1 saturated heterocycles. The lowest BCUT2D eigenvalue weighted by molar-refractivity contribution is 0.0478. The monoisotopic (exact) mass is 137 g/mol. The molecule has 1 aliphatic rings. The molecule has 2 heteroatoms. The average Bonchev–Trinajstić information content (AvgIpc) is 1.94. The van der Waals surface area contributed by atoms with Crippen LogP contribution < -0.4 is 0 Å². The Morgan fingerprint density at radius 3 is 1.90 bits per heavy atom. The van der Waals surface area contributed by atoms with Gasteiger partial charge in [-0.1, -0.05) is 19.3 Å². The molecule has 1 fully saturated rings. The van der Waals surface area contributed by atoms with E-state index in [1.807, 2.05) is 0 Å². The zero-order chi connectivity index (χ0) is 7.99. The van der Waals surface area contributed by atoms with E-state index >= 15 is 0 Å². The molecule has 0 unspecified atom stereocenters. The summed E-state index contributed by atoms with van der Waals surface area (Å²) in [6.07, 6.45) is 0. The summed E-state index contributed by atoms with van der Waals surface area (Å²) in [4.78, 5) is 0. The molecule has 1 rings (SSSR count). The molecule has 0 bridgehead atoms. The second kappa shape index (κ2) is 1.88. The molecule has 0 N–H and O–H groups in total. The second-order valence-electron chi connectivity index (χ2n) is 3.90. The SMILES string of the molecule is C=C1[B]OC(C)(C)C1(C)C. The van der Waals surface area contributed by atoms with Crippen molar-refractivity contribution in [3.63, 3.8) is 0 Å². The van der Waals surface area contributed by atoms with Crippen LogP contribution in [-0.4, -0.2) is 13.1 Å². The van der Waals surface area contributed by atoms with Crippen LogP contribution in [-0.2, 0) is 4.65 Å². The van der Waals surface area contributed by atoms with Crippen LogP contribution in [0.15, 0.2) is 12.1 Å². The molecule has 55 valence electrons. The van der Waals surface area contributed by atoms with Gasteiger partial charge in [0.05, 0.1) is 5.60 Å². The molecule has 0 aromatic heterocycles. The van der Waals surface area contributed by atoms with Gasteiger partial charge in [0.2, 0.25) is 0 Å². The first-order chi connectivity index (χ1) is 4.38. The third kappa shape index (κ3) is 0.824. The van der Waals surface area contributed by atoms with Crippen molar-refractivity contribution >= 4 is 7.48 Å². The second-order valence-corrected chi connectivity index (χ2v) is 3.90. The van der Waals surface area contributed by atoms with Gasteiger partial charge < -0.3 is 4.65 Å². The van der Waals surface area contributed by atoms with Crippen molar-refractivity contribution in [2.45, 2.75) is 33.3 Å². The van der Waals surface area contributed by atoms with Crippen molar-refractivity contribution in [1.29, 1.82) is 0 Å². The lowest BCUT2D eigenvalue weighted by Crippen LogP contribution is -2.35. The van der Waals surface area contributed by atoms with Gasteiger partial charge >= 0.3 is 7.48 Å². The zero-order valence-electron chi connectivity index (χ0n) is 7.19. The van der Waals surface area contributed by atoms with Crippen molar-refractivity contribution in [1.82, 2.24) is 0 Å². The highest BCUT2D eigenvalue weighted by atomic mass is 16.5. The van der Waals surface area contributed by atoms with E-state index in [4.69, 9.17) is 4.65 Å².